The number of alkyl halides is 1. The molecule has 1 aliphatic heterocycles. The van der Waals surface area contributed by atoms with E-state index in [9.17, 15) is 33.6 Å². The first kappa shape index (κ1) is 26.2. The number of nitrogen functional groups attached to an aromatic ring is 1. The van der Waals surface area contributed by atoms with Crippen molar-refractivity contribution in [2.45, 2.75) is 30.7 Å². The number of anilines is 1. The average molecular weight is 515 g/mol. The van der Waals surface area contributed by atoms with Crippen molar-refractivity contribution in [1.82, 2.24) is 9.55 Å². The maximum absolute atomic E-state index is 15.1. The van der Waals surface area contributed by atoms with Gasteiger partial charge >= 0.3 is 29.2 Å². The minimum Gasteiger partial charge on any atom is -0.384 e. The number of aliphatic hydroxyl groups excluding tert-OH is 1. The van der Waals surface area contributed by atoms with Gasteiger partial charge in [0.15, 0.2) is 6.23 Å². The van der Waals surface area contributed by atoms with Crippen LogP contribution in [0.2, 0.25) is 0 Å². The van der Waals surface area contributed by atoms with Gasteiger partial charge in [0.25, 0.3) is 5.85 Å². The lowest BCUT2D eigenvalue weighted by Crippen LogP contribution is -2.49. The van der Waals surface area contributed by atoms with E-state index in [-0.39, 0.29) is 5.82 Å². The summed E-state index contributed by atoms with van der Waals surface area (Å²) in [5.41, 5.74) is 1.65. The van der Waals surface area contributed by atoms with Crippen LogP contribution in [-0.2, 0) is 31.6 Å². The van der Waals surface area contributed by atoms with Crippen LogP contribution in [0.4, 0.5) is 10.2 Å². The minimum absolute atomic E-state index is 0.224. The molecular formula is C10H17FN3O14P3. The first-order chi connectivity index (χ1) is 13.8. The highest BCUT2D eigenvalue weighted by molar-refractivity contribution is 7.66. The molecule has 0 spiro atoms. The number of nitrogens with two attached hydrogens (primary N) is 1. The lowest BCUT2D eigenvalue weighted by molar-refractivity contribution is -0.204. The van der Waals surface area contributed by atoms with Crippen LogP contribution in [0.1, 0.15) is 13.2 Å². The molecule has 0 bridgehead atoms. The maximum Gasteiger partial charge on any atom is 0.490 e. The highest BCUT2D eigenvalue weighted by atomic mass is 31.3. The van der Waals surface area contributed by atoms with Crippen LogP contribution in [0.15, 0.2) is 17.1 Å². The van der Waals surface area contributed by atoms with E-state index in [1.165, 1.54) is 0 Å². The summed E-state index contributed by atoms with van der Waals surface area (Å²) in [6.07, 6.45) is -3.52. The molecule has 0 saturated carbocycles. The van der Waals surface area contributed by atoms with Gasteiger partial charge in [-0.05, 0) is 13.0 Å². The second-order valence-electron chi connectivity index (χ2n) is 6.29. The molecule has 0 aromatic carbocycles. The van der Waals surface area contributed by atoms with Crippen LogP contribution in [0.25, 0.3) is 0 Å². The van der Waals surface area contributed by atoms with Gasteiger partial charge in [-0.1, -0.05) is 0 Å². The van der Waals surface area contributed by atoms with Crippen LogP contribution in [0.3, 0.4) is 0 Å². The predicted octanol–water partition coefficient (Wildman–Crippen LogP) is -1.52. The predicted molar refractivity (Wildman–Crippen MR) is 93.3 cm³/mol. The van der Waals surface area contributed by atoms with Crippen molar-refractivity contribution in [3.63, 3.8) is 0 Å². The van der Waals surface area contributed by atoms with Gasteiger partial charge in [0.05, 0.1) is 0 Å². The van der Waals surface area contributed by atoms with Crippen LogP contribution >= 0.6 is 23.5 Å². The molecule has 0 aliphatic carbocycles. The summed E-state index contributed by atoms with van der Waals surface area (Å²) in [5, 5.41) is 20.5. The third-order valence-corrected chi connectivity index (χ3v) is 7.50. The first-order valence-corrected chi connectivity index (χ1v) is 12.2. The number of ether oxygens (including phenoxy) is 1. The van der Waals surface area contributed by atoms with E-state index in [1.807, 2.05) is 0 Å². The molecular weight excluding hydrogens is 498 g/mol. The molecule has 2 rings (SSSR count). The van der Waals surface area contributed by atoms with Crippen molar-refractivity contribution in [2.75, 3.05) is 12.3 Å². The Morgan fingerprint density at radius 1 is 1.26 bits per heavy atom. The fourth-order valence-electron chi connectivity index (χ4n) is 2.47. The second-order valence-corrected chi connectivity index (χ2v) is 10.7. The molecule has 1 fully saturated rings. The summed E-state index contributed by atoms with van der Waals surface area (Å²) in [6.45, 7) is -0.890. The third-order valence-electron chi connectivity index (χ3n) is 3.71. The molecule has 17 nitrogen and oxygen atoms in total. The lowest BCUT2D eigenvalue weighted by Gasteiger charge is -2.27. The minimum atomic E-state index is -5.87. The van der Waals surface area contributed by atoms with Crippen molar-refractivity contribution in [3.05, 3.63) is 22.7 Å². The van der Waals surface area contributed by atoms with Crippen LogP contribution in [0, 0.1) is 0 Å². The van der Waals surface area contributed by atoms with E-state index in [1.54, 1.807) is 0 Å². The fraction of sp³-hybridized carbons (Fsp3) is 0.600. The molecule has 31 heavy (non-hydrogen) atoms. The zero-order chi connectivity index (χ0) is 24.0. The van der Waals surface area contributed by atoms with E-state index < -0.39 is 59.6 Å². The van der Waals surface area contributed by atoms with E-state index >= 15 is 4.39 Å². The Bertz CT molecular complexity index is 1040. The zero-order valence-corrected chi connectivity index (χ0v) is 17.8. The normalized spacial score (nSPS) is 33.0. The number of hydrogen-bond acceptors (Lipinski definition) is 12. The second kappa shape index (κ2) is 8.35. The summed E-state index contributed by atoms with van der Waals surface area (Å²) in [6, 6.07) is 1.08. The van der Waals surface area contributed by atoms with Gasteiger partial charge in [0, 0.05) is 6.20 Å². The quantitative estimate of drug-likeness (QED) is 0.194. The average Bonchev–Trinajstić information content (AvgIpc) is 2.71. The van der Waals surface area contributed by atoms with E-state index in [4.69, 9.17) is 25.2 Å². The molecule has 6 unspecified atom stereocenters. The third kappa shape index (κ3) is 6.24. The number of aromatic nitrogens is 2. The molecule has 1 aliphatic rings. The molecule has 2 heterocycles. The van der Waals surface area contributed by atoms with Crippen molar-refractivity contribution in [1.29, 1.82) is 0 Å². The van der Waals surface area contributed by atoms with Gasteiger partial charge in [-0.15, -0.1) is 0 Å². The molecule has 0 amide bonds. The van der Waals surface area contributed by atoms with Crippen molar-refractivity contribution in [2.24, 2.45) is 0 Å². The monoisotopic (exact) mass is 515 g/mol. The summed E-state index contributed by atoms with van der Waals surface area (Å²) < 4.78 is 65.0. The molecule has 1 saturated heterocycles. The SMILES string of the molecule is CC1(O)C(n2ccc(N)nc2=O)OC(F)(COP(=O)(O)OP(=O)(O)OP(=O)(O)O)C1O. The van der Waals surface area contributed by atoms with Gasteiger partial charge in [0.1, 0.15) is 24.1 Å². The molecule has 21 heteroatoms. The van der Waals surface area contributed by atoms with E-state index in [2.05, 4.69) is 18.1 Å². The number of hydrogen-bond donors (Lipinski definition) is 7. The van der Waals surface area contributed by atoms with E-state index in [0.717, 1.165) is 19.2 Å². The number of aliphatic hydroxyl groups is 2. The Morgan fingerprint density at radius 3 is 2.35 bits per heavy atom. The van der Waals surface area contributed by atoms with Gasteiger partial charge in [-0.2, -0.15) is 13.6 Å². The highest BCUT2D eigenvalue weighted by Gasteiger charge is 2.64. The summed E-state index contributed by atoms with van der Waals surface area (Å²) in [4.78, 5) is 50.6. The lowest BCUT2D eigenvalue weighted by atomic mass is 9.95. The largest absolute Gasteiger partial charge is 0.490 e. The standard InChI is InChI=1S/C10H17FN3O14P3/c1-9(17)6(15)10(11,26-7(9)14-3-2-5(12)13-8(14)16)4-25-30(21,22)28-31(23,24)27-29(18,19)20/h2-3,6-7,15,17H,4H2,1H3,(H,21,22)(H,23,24)(H2,12,13,16)(H2,18,19,20). The Labute approximate surface area is 171 Å². The maximum atomic E-state index is 15.1. The molecule has 8 N–H and O–H groups in total. The van der Waals surface area contributed by atoms with Crippen molar-refractivity contribution >= 4 is 29.3 Å². The highest BCUT2D eigenvalue weighted by Crippen LogP contribution is 2.66. The van der Waals surface area contributed by atoms with E-state index in [0.29, 0.717) is 4.57 Å². The van der Waals surface area contributed by atoms with Crippen molar-refractivity contribution in [3.8, 4) is 0 Å². The Hall–Kier alpha value is -1.10. The van der Waals surface area contributed by atoms with Crippen LogP contribution < -0.4 is 11.4 Å². The Kier molecular flexibility index (Phi) is 7.05. The van der Waals surface area contributed by atoms with Gasteiger partial charge in [-0.3, -0.25) is 9.09 Å². The molecule has 1 aromatic heterocycles. The fourth-order valence-corrected chi connectivity index (χ4v) is 5.50. The topological polar surface area (TPSA) is 270 Å². The summed E-state index contributed by atoms with van der Waals surface area (Å²) >= 11 is 0. The zero-order valence-electron chi connectivity index (χ0n) is 15.2. The number of rotatable bonds is 8. The van der Waals surface area contributed by atoms with Crippen LogP contribution in [0.5, 0.6) is 0 Å². The van der Waals surface area contributed by atoms with Gasteiger partial charge in [0.2, 0.25) is 0 Å². The number of halogens is 1. The number of phosphoric acid groups is 3. The summed E-state index contributed by atoms with van der Waals surface area (Å²) in [5.74, 6) is -3.72. The Balaban J connectivity index is 2.21. The smallest absolute Gasteiger partial charge is 0.384 e. The molecule has 1 aromatic rings. The molecule has 178 valence electrons. The van der Waals surface area contributed by atoms with Gasteiger partial charge in [-0.25, -0.2) is 22.9 Å². The Morgan fingerprint density at radius 2 is 1.84 bits per heavy atom. The molecule has 0 radical (unpaired) electrons. The first-order valence-electron chi connectivity index (χ1n) is 7.68. The van der Waals surface area contributed by atoms with Gasteiger partial charge < -0.3 is 40.3 Å². The van der Waals surface area contributed by atoms with Crippen LogP contribution in [-0.4, -0.2) is 63.5 Å². The molecule has 6 atom stereocenters. The number of nitrogens with zero attached hydrogens (tertiary/aromatic N) is 2. The number of phosphoric ester groups is 1. The van der Waals surface area contributed by atoms with Crippen molar-refractivity contribution < 1.29 is 65.8 Å². The summed E-state index contributed by atoms with van der Waals surface area (Å²) in [7, 11) is -17.3.